The van der Waals surface area contributed by atoms with Gasteiger partial charge in [0.1, 0.15) is 5.54 Å². The number of aryl methyl sites for hydroxylation is 1. The van der Waals surface area contributed by atoms with Gasteiger partial charge in [0, 0.05) is 6.42 Å². The van der Waals surface area contributed by atoms with E-state index in [0.717, 1.165) is 12.8 Å². The van der Waals surface area contributed by atoms with E-state index in [0.29, 0.717) is 19.3 Å². The number of nitrogens with two attached hydrogens (primary N) is 1. The summed E-state index contributed by atoms with van der Waals surface area (Å²) in [6.07, 6.45) is 3.36. The summed E-state index contributed by atoms with van der Waals surface area (Å²) in [5, 5.41) is 5.21. The van der Waals surface area contributed by atoms with Crippen molar-refractivity contribution in [2.24, 2.45) is 5.73 Å². The molecule has 2 aromatic carbocycles. The summed E-state index contributed by atoms with van der Waals surface area (Å²) in [5.41, 5.74) is 5.77. The number of amides is 2. The highest BCUT2D eigenvalue weighted by molar-refractivity contribution is 5.93. The van der Waals surface area contributed by atoms with Crippen LogP contribution in [0.25, 0.3) is 10.8 Å². The Morgan fingerprint density at radius 1 is 1.09 bits per heavy atom. The van der Waals surface area contributed by atoms with E-state index in [2.05, 4.69) is 35.6 Å². The predicted octanol–water partition coefficient (Wildman–Crippen LogP) is 2.30. The lowest BCUT2D eigenvalue weighted by atomic mass is 10.0. The fourth-order valence-electron chi connectivity index (χ4n) is 2.73. The summed E-state index contributed by atoms with van der Waals surface area (Å²) in [4.78, 5) is 23.1. The highest BCUT2D eigenvalue weighted by Crippen LogP contribution is 2.34. The van der Waals surface area contributed by atoms with Crippen molar-refractivity contribution in [2.45, 2.75) is 37.6 Å². The standard InChI is InChI=1S/C18H20N2O2/c19-17(22)18(10-11-18)20-16(21)7-3-4-13-8-9-14-5-1-2-6-15(14)12-13/h1-2,5-6,8-9,12H,3-4,7,10-11H2,(H2,19,22)(H,20,21). The van der Waals surface area contributed by atoms with Crippen molar-refractivity contribution in [3.05, 3.63) is 48.0 Å². The largest absolute Gasteiger partial charge is 0.368 e. The Hall–Kier alpha value is -2.36. The monoisotopic (exact) mass is 296 g/mol. The Balaban J connectivity index is 1.51. The van der Waals surface area contributed by atoms with Crippen LogP contribution in [-0.4, -0.2) is 17.4 Å². The van der Waals surface area contributed by atoms with Gasteiger partial charge in [0.2, 0.25) is 11.8 Å². The van der Waals surface area contributed by atoms with E-state index in [-0.39, 0.29) is 5.91 Å². The summed E-state index contributed by atoms with van der Waals surface area (Å²) < 4.78 is 0. The van der Waals surface area contributed by atoms with Gasteiger partial charge in [-0.25, -0.2) is 0 Å². The Kier molecular flexibility index (Phi) is 3.84. The Morgan fingerprint density at radius 2 is 1.82 bits per heavy atom. The van der Waals surface area contributed by atoms with Crippen molar-refractivity contribution in [3.63, 3.8) is 0 Å². The van der Waals surface area contributed by atoms with E-state index < -0.39 is 11.4 Å². The molecule has 0 aliphatic heterocycles. The van der Waals surface area contributed by atoms with Crippen LogP contribution in [0.15, 0.2) is 42.5 Å². The van der Waals surface area contributed by atoms with Crippen LogP contribution in [0.1, 0.15) is 31.2 Å². The van der Waals surface area contributed by atoms with Gasteiger partial charge in [-0.05, 0) is 42.0 Å². The highest BCUT2D eigenvalue weighted by Gasteiger charge is 2.49. The fraction of sp³-hybridized carbons (Fsp3) is 0.333. The third kappa shape index (κ3) is 3.11. The third-order valence-corrected chi connectivity index (χ3v) is 4.28. The summed E-state index contributed by atoms with van der Waals surface area (Å²) in [6.45, 7) is 0. The molecule has 4 nitrogen and oxygen atoms in total. The molecule has 1 aliphatic rings. The number of fused-ring (bicyclic) bond motifs is 1. The molecule has 1 aliphatic carbocycles. The average Bonchev–Trinajstić information content (AvgIpc) is 3.28. The van der Waals surface area contributed by atoms with E-state index in [4.69, 9.17) is 5.73 Å². The molecule has 0 spiro atoms. The number of nitrogens with one attached hydrogen (secondary N) is 1. The first-order chi connectivity index (χ1) is 10.6. The molecule has 0 radical (unpaired) electrons. The van der Waals surface area contributed by atoms with Gasteiger partial charge in [-0.2, -0.15) is 0 Å². The van der Waals surface area contributed by atoms with Crippen molar-refractivity contribution >= 4 is 22.6 Å². The zero-order valence-electron chi connectivity index (χ0n) is 12.5. The predicted molar refractivity (Wildman–Crippen MR) is 86.2 cm³/mol. The van der Waals surface area contributed by atoms with Gasteiger partial charge in [-0.1, -0.05) is 42.5 Å². The first-order valence-electron chi connectivity index (χ1n) is 7.68. The highest BCUT2D eigenvalue weighted by atomic mass is 16.2. The number of carbonyl (C=O) groups is 2. The average molecular weight is 296 g/mol. The quantitative estimate of drug-likeness (QED) is 0.858. The maximum atomic E-state index is 11.9. The lowest BCUT2D eigenvalue weighted by Crippen LogP contribution is -2.46. The SMILES string of the molecule is NC(=O)C1(NC(=O)CCCc2ccc3ccccc3c2)CC1. The van der Waals surface area contributed by atoms with Crippen molar-refractivity contribution in [1.82, 2.24) is 5.32 Å². The first kappa shape index (κ1) is 14.6. The van der Waals surface area contributed by atoms with Crippen LogP contribution in [0.3, 0.4) is 0 Å². The molecule has 1 fully saturated rings. The molecular weight excluding hydrogens is 276 g/mol. The number of hydrogen-bond acceptors (Lipinski definition) is 2. The van der Waals surface area contributed by atoms with Gasteiger partial charge >= 0.3 is 0 Å². The smallest absolute Gasteiger partial charge is 0.243 e. The number of carbonyl (C=O) groups excluding carboxylic acids is 2. The van der Waals surface area contributed by atoms with Crippen LogP contribution < -0.4 is 11.1 Å². The van der Waals surface area contributed by atoms with Crippen molar-refractivity contribution in [1.29, 1.82) is 0 Å². The molecule has 4 heteroatoms. The topological polar surface area (TPSA) is 72.2 Å². The molecule has 114 valence electrons. The van der Waals surface area contributed by atoms with Gasteiger partial charge in [0.25, 0.3) is 0 Å². The lowest BCUT2D eigenvalue weighted by Gasteiger charge is -2.13. The van der Waals surface area contributed by atoms with Crippen molar-refractivity contribution < 1.29 is 9.59 Å². The number of benzene rings is 2. The Bertz CT molecular complexity index is 720. The zero-order chi connectivity index (χ0) is 15.6. The van der Waals surface area contributed by atoms with Crippen LogP contribution in [0.5, 0.6) is 0 Å². The van der Waals surface area contributed by atoms with Crippen LogP contribution >= 0.6 is 0 Å². The zero-order valence-corrected chi connectivity index (χ0v) is 12.5. The first-order valence-corrected chi connectivity index (χ1v) is 7.68. The molecular formula is C18H20N2O2. The molecule has 2 amide bonds. The molecule has 0 heterocycles. The number of primary amides is 1. The molecule has 0 unspecified atom stereocenters. The molecule has 3 rings (SSSR count). The Labute approximate surface area is 129 Å². The molecule has 2 aromatic rings. The Morgan fingerprint density at radius 3 is 2.50 bits per heavy atom. The molecule has 1 saturated carbocycles. The summed E-state index contributed by atoms with van der Waals surface area (Å²) in [7, 11) is 0. The van der Waals surface area contributed by atoms with Crippen molar-refractivity contribution in [2.75, 3.05) is 0 Å². The molecule has 0 aromatic heterocycles. The molecule has 0 saturated heterocycles. The van der Waals surface area contributed by atoms with Crippen LogP contribution in [0.4, 0.5) is 0 Å². The van der Waals surface area contributed by atoms with E-state index in [9.17, 15) is 9.59 Å². The molecule has 0 atom stereocenters. The maximum Gasteiger partial charge on any atom is 0.243 e. The van der Waals surface area contributed by atoms with Gasteiger partial charge in [0.15, 0.2) is 0 Å². The van der Waals surface area contributed by atoms with Crippen molar-refractivity contribution in [3.8, 4) is 0 Å². The normalized spacial score (nSPS) is 15.5. The van der Waals surface area contributed by atoms with Gasteiger partial charge in [-0.3, -0.25) is 9.59 Å². The minimum Gasteiger partial charge on any atom is -0.368 e. The number of hydrogen-bond donors (Lipinski definition) is 2. The fourth-order valence-corrected chi connectivity index (χ4v) is 2.73. The van der Waals surface area contributed by atoms with E-state index in [1.807, 2.05) is 12.1 Å². The second kappa shape index (κ2) is 5.79. The number of rotatable bonds is 6. The van der Waals surface area contributed by atoms with Gasteiger partial charge in [0.05, 0.1) is 0 Å². The molecule has 22 heavy (non-hydrogen) atoms. The second-order valence-electron chi connectivity index (χ2n) is 6.03. The lowest BCUT2D eigenvalue weighted by molar-refractivity contribution is -0.128. The molecule has 0 bridgehead atoms. The molecule has 3 N–H and O–H groups in total. The van der Waals surface area contributed by atoms with E-state index in [1.54, 1.807) is 0 Å². The van der Waals surface area contributed by atoms with Crippen LogP contribution in [-0.2, 0) is 16.0 Å². The van der Waals surface area contributed by atoms with Crippen LogP contribution in [0, 0.1) is 0 Å². The third-order valence-electron chi connectivity index (χ3n) is 4.28. The van der Waals surface area contributed by atoms with Gasteiger partial charge < -0.3 is 11.1 Å². The minimum atomic E-state index is -0.750. The minimum absolute atomic E-state index is 0.0860. The second-order valence-corrected chi connectivity index (χ2v) is 6.03. The van der Waals surface area contributed by atoms with Gasteiger partial charge in [-0.15, -0.1) is 0 Å². The van der Waals surface area contributed by atoms with E-state index in [1.165, 1.54) is 16.3 Å². The summed E-state index contributed by atoms with van der Waals surface area (Å²) >= 11 is 0. The maximum absolute atomic E-state index is 11.9. The van der Waals surface area contributed by atoms with E-state index >= 15 is 0 Å². The summed E-state index contributed by atoms with van der Waals surface area (Å²) in [6, 6.07) is 14.6. The van der Waals surface area contributed by atoms with Crippen LogP contribution in [0.2, 0.25) is 0 Å². The summed E-state index contributed by atoms with van der Waals surface area (Å²) in [5.74, 6) is -0.507.